The van der Waals surface area contributed by atoms with Crippen LogP contribution in [0, 0.1) is 23.7 Å². The number of benzene rings is 2. The molecule has 8 nitrogen and oxygen atoms in total. The number of fused-ring (bicyclic) bond motifs is 2. The summed E-state index contributed by atoms with van der Waals surface area (Å²) < 4.78 is 2.04. The smallest absolute Gasteiger partial charge is 0.407 e. The third kappa shape index (κ3) is 3.93. The lowest BCUT2D eigenvalue weighted by atomic mass is 9.69. The first-order valence-electron chi connectivity index (χ1n) is 12.6. The van der Waals surface area contributed by atoms with Gasteiger partial charge in [0.2, 0.25) is 5.28 Å². The standard InChI is InChI=1S/C29H31ClN6O2/c1-18-8-6-9-19-10-7-11-20(23(18)19)22-16-21-24(34(22)5)32-26(30)33-25(21)35-14-15-36(27(37)38)29(17-35,12-13-31)28(2,3)4/h6-11,16H,12,14-15,17H2,1-5H3,(H,37,38). The summed E-state index contributed by atoms with van der Waals surface area (Å²) in [5.41, 5.74) is 2.53. The van der Waals surface area contributed by atoms with Crippen LogP contribution >= 0.6 is 11.6 Å². The third-order valence-corrected chi connectivity index (χ3v) is 8.26. The van der Waals surface area contributed by atoms with E-state index in [-0.39, 0.29) is 18.2 Å². The molecule has 1 aliphatic heterocycles. The summed E-state index contributed by atoms with van der Waals surface area (Å²) in [5.74, 6) is 0.649. The lowest BCUT2D eigenvalue weighted by Crippen LogP contribution is -2.69. The first-order valence-corrected chi connectivity index (χ1v) is 13.0. The highest BCUT2D eigenvalue weighted by molar-refractivity contribution is 6.28. The van der Waals surface area contributed by atoms with Crippen molar-refractivity contribution in [2.45, 2.75) is 39.7 Å². The molecule has 2 aromatic heterocycles. The topological polar surface area (TPSA) is 98.3 Å². The van der Waals surface area contributed by atoms with E-state index in [0.29, 0.717) is 24.6 Å². The Morgan fingerprint density at radius 3 is 2.55 bits per heavy atom. The Bertz CT molecular complexity index is 1610. The highest BCUT2D eigenvalue weighted by atomic mass is 35.5. The van der Waals surface area contributed by atoms with Crippen molar-refractivity contribution >= 4 is 45.3 Å². The molecule has 1 unspecified atom stereocenters. The second-order valence-electron chi connectivity index (χ2n) is 11.1. The second kappa shape index (κ2) is 9.17. The van der Waals surface area contributed by atoms with Crippen LogP contribution in [0.4, 0.5) is 10.6 Å². The van der Waals surface area contributed by atoms with Gasteiger partial charge < -0.3 is 14.6 Å². The number of hydrogen-bond donors (Lipinski definition) is 1. The number of amides is 1. The van der Waals surface area contributed by atoms with Gasteiger partial charge in [-0.15, -0.1) is 0 Å². The van der Waals surface area contributed by atoms with Crippen molar-refractivity contribution in [3.63, 3.8) is 0 Å². The third-order valence-electron chi connectivity index (χ3n) is 8.09. The van der Waals surface area contributed by atoms with Crippen LogP contribution in [-0.4, -0.2) is 55.8 Å². The molecule has 1 amide bonds. The molecule has 1 N–H and O–H groups in total. The number of rotatable bonds is 3. The maximum atomic E-state index is 12.3. The van der Waals surface area contributed by atoms with Crippen LogP contribution in [0.2, 0.25) is 5.28 Å². The van der Waals surface area contributed by atoms with Crippen LogP contribution in [0.3, 0.4) is 0 Å². The van der Waals surface area contributed by atoms with Gasteiger partial charge in [-0.1, -0.05) is 57.2 Å². The zero-order valence-electron chi connectivity index (χ0n) is 22.3. The maximum absolute atomic E-state index is 12.3. The van der Waals surface area contributed by atoms with Gasteiger partial charge in [-0.3, -0.25) is 4.90 Å². The summed E-state index contributed by atoms with van der Waals surface area (Å²) in [7, 11) is 1.97. The van der Waals surface area contributed by atoms with Gasteiger partial charge in [0.25, 0.3) is 0 Å². The van der Waals surface area contributed by atoms with Crippen molar-refractivity contribution in [1.82, 2.24) is 19.4 Å². The predicted molar refractivity (Wildman–Crippen MR) is 151 cm³/mol. The van der Waals surface area contributed by atoms with Gasteiger partial charge in [0, 0.05) is 32.2 Å². The quantitative estimate of drug-likeness (QED) is 0.314. The van der Waals surface area contributed by atoms with E-state index in [0.717, 1.165) is 22.0 Å². The van der Waals surface area contributed by atoms with Gasteiger partial charge in [-0.25, -0.2) is 4.79 Å². The Hall–Kier alpha value is -3.83. The molecule has 2 aromatic carbocycles. The predicted octanol–water partition coefficient (Wildman–Crippen LogP) is 6.25. The molecule has 0 aliphatic carbocycles. The number of hydrogen-bond acceptors (Lipinski definition) is 5. The number of halogens is 1. The zero-order valence-corrected chi connectivity index (χ0v) is 23.0. The lowest BCUT2D eigenvalue weighted by Gasteiger charge is -2.55. The van der Waals surface area contributed by atoms with Gasteiger partial charge in [0.1, 0.15) is 11.5 Å². The van der Waals surface area contributed by atoms with E-state index in [2.05, 4.69) is 70.3 Å². The van der Waals surface area contributed by atoms with Gasteiger partial charge in [-0.05, 0) is 46.3 Å². The fraction of sp³-hybridized carbons (Fsp3) is 0.379. The normalized spacial score (nSPS) is 18.2. The van der Waals surface area contributed by atoms with Crippen molar-refractivity contribution < 1.29 is 9.90 Å². The number of piperazine rings is 1. The summed E-state index contributed by atoms with van der Waals surface area (Å²) in [4.78, 5) is 25.0. The number of carbonyl (C=O) groups is 1. The van der Waals surface area contributed by atoms with Crippen LogP contribution in [0.5, 0.6) is 0 Å². The van der Waals surface area contributed by atoms with Crippen LogP contribution in [0.25, 0.3) is 33.1 Å². The minimum Gasteiger partial charge on any atom is -0.465 e. The maximum Gasteiger partial charge on any atom is 0.407 e. The van der Waals surface area contributed by atoms with Gasteiger partial charge >= 0.3 is 6.09 Å². The largest absolute Gasteiger partial charge is 0.465 e. The highest BCUT2D eigenvalue weighted by Crippen LogP contribution is 2.44. The van der Waals surface area contributed by atoms with E-state index >= 15 is 0 Å². The molecule has 0 spiro atoms. The molecular formula is C29H31ClN6O2. The molecule has 196 valence electrons. The number of nitrogens with zero attached hydrogens (tertiary/aromatic N) is 6. The lowest BCUT2D eigenvalue weighted by molar-refractivity contribution is -0.00275. The minimum absolute atomic E-state index is 0.0661. The van der Waals surface area contributed by atoms with Crippen molar-refractivity contribution in [3.05, 3.63) is 53.3 Å². The van der Waals surface area contributed by atoms with Crippen molar-refractivity contribution in [1.29, 1.82) is 5.26 Å². The average Bonchev–Trinajstić information content (AvgIpc) is 3.18. The number of anilines is 1. The molecule has 5 rings (SSSR count). The molecular weight excluding hydrogens is 500 g/mol. The molecule has 0 radical (unpaired) electrons. The Morgan fingerprint density at radius 2 is 1.89 bits per heavy atom. The van der Waals surface area contributed by atoms with Crippen LogP contribution in [-0.2, 0) is 7.05 Å². The summed E-state index contributed by atoms with van der Waals surface area (Å²) in [6, 6.07) is 16.9. The summed E-state index contributed by atoms with van der Waals surface area (Å²) >= 11 is 6.47. The van der Waals surface area contributed by atoms with Crippen LogP contribution in [0.15, 0.2) is 42.5 Å². The molecule has 1 saturated heterocycles. The SMILES string of the molecule is Cc1cccc2cccc(-c3cc4c(N5CCN(C(=O)O)C(CC#N)(C(C)(C)C)C5)nc(Cl)nc4n3C)c12. The molecule has 4 aromatic rings. The molecule has 0 bridgehead atoms. The Kier molecular flexibility index (Phi) is 6.23. The summed E-state index contributed by atoms with van der Waals surface area (Å²) in [5, 5.41) is 23.1. The van der Waals surface area contributed by atoms with E-state index < -0.39 is 17.0 Å². The van der Waals surface area contributed by atoms with Gasteiger partial charge in [0.15, 0.2) is 0 Å². The van der Waals surface area contributed by atoms with Crippen LogP contribution in [0.1, 0.15) is 32.8 Å². The molecule has 0 saturated carbocycles. The van der Waals surface area contributed by atoms with Gasteiger partial charge in [-0.2, -0.15) is 15.2 Å². The highest BCUT2D eigenvalue weighted by Gasteiger charge is 2.52. The van der Waals surface area contributed by atoms with E-state index in [1.165, 1.54) is 15.8 Å². The number of aromatic nitrogens is 3. The number of nitriles is 1. The summed E-state index contributed by atoms with van der Waals surface area (Å²) in [6.07, 6.45) is -0.953. The monoisotopic (exact) mass is 530 g/mol. The molecule has 1 atom stereocenters. The molecule has 1 aliphatic rings. The fourth-order valence-corrected chi connectivity index (χ4v) is 6.12. The Labute approximate surface area is 227 Å². The number of carboxylic acid groups (broad SMARTS) is 1. The average molecular weight is 531 g/mol. The molecule has 3 heterocycles. The Morgan fingerprint density at radius 1 is 1.18 bits per heavy atom. The van der Waals surface area contributed by atoms with Crippen LogP contribution < -0.4 is 4.90 Å². The second-order valence-corrected chi connectivity index (χ2v) is 11.4. The van der Waals surface area contributed by atoms with Gasteiger partial charge in [0.05, 0.1) is 29.1 Å². The summed E-state index contributed by atoms with van der Waals surface area (Å²) in [6.45, 7) is 9.05. The molecule has 1 fully saturated rings. The zero-order chi connectivity index (χ0) is 27.4. The minimum atomic E-state index is -1.02. The van der Waals surface area contributed by atoms with E-state index in [1.807, 2.05) is 32.4 Å². The van der Waals surface area contributed by atoms with Crippen molar-refractivity contribution in [2.75, 3.05) is 24.5 Å². The number of aryl methyl sites for hydroxylation is 2. The first kappa shape index (κ1) is 25.8. The van der Waals surface area contributed by atoms with E-state index in [1.54, 1.807) is 0 Å². The van der Waals surface area contributed by atoms with Crippen molar-refractivity contribution in [2.24, 2.45) is 12.5 Å². The molecule has 38 heavy (non-hydrogen) atoms. The fourth-order valence-electron chi connectivity index (χ4n) is 5.96. The Balaban J connectivity index is 1.70. The first-order chi connectivity index (χ1) is 18.0. The van der Waals surface area contributed by atoms with Crippen molar-refractivity contribution in [3.8, 4) is 17.3 Å². The molecule has 9 heteroatoms. The van der Waals surface area contributed by atoms with E-state index in [4.69, 9.17) is 11.6 Å². The van der Waals surface area contributed by atoms with E-state index in [9.17, 15) is 15.2 Å².